The summed E-state index contributed by atoms with van der Waals surface area (Å²) < 4.78 is 28.7. The van der Waals surface area contributed by atoms with Crippen molar-refractivity contribution in [1.82, 2.24) is 10.3 Å². The molecule has 1 N–H and O–H groups in total. The zero-order valence-electron chi connectivity index (χ0n) is 19.8. The minimum atomic E-state index is -3.13. The van der Waals surface area contributed by atoms with Crippen LogP contribution in [-0.2, 0) is 25.8 Å². The quantitative estimate of drug-likeness (QED) is 0.448. The van der Waals surface area contributed by atoms with Gasteiger partial charge in [0, 0.05) is 11.4 Å². The second-order valence-electron chi connectivity index (χ2n) is 9.27. The number of rotatable bonds is 5. The molecule has 1 aromatic heterocycles. The Kier molecular flexibility index (Phi) is 7.25. The number of aromatic nitrogens is 1. The molecule has 1 fully saturated rings. The van der Waals surface area contributed by atoms with Crippen molar-refractivity contribution in [3.63, 3.8) is 0 Å². The van der Waals surface area contributed by atoms with E-state index in [0.717, 1.165) is 35.2 Å². The number of hydrogen-bond donors (Lipinski definition) is 1. The lowest BCUT2D eigenvalue weighted by molar-refractivity contribution is -0.124. The Morgan fingerprint density at radius 2 is 1.92 bits per heavy atom. The molecule has 2 aliphatic rings. The van der Waals surface area contributed by atoms with Crippen molar-refractivity contribution in [1.29, 1.82) is 0 Å². The number of fused-ring (bicyclic) bond motifs is 2. The Balaban J connectivity index is 1.44. The zero-order chi connectivity index (χ0) is 26.2. The molecule has 10 heteroatoms. The maximum atomic E-state index is 13.3. The van der Waals surface area contributed by atoms with E-state index in [1.54, 1.807) is 12.1 Å². The molecule has 1 saturated heterocycles. The van der Waals surface area contributed by atoms with E-state index in [1.807, 2.05) is 36.4 Å². The van der Waals surface area contributed by atoms with E-state index in [2.05, 4.69) is 5.32 Å². The number of carbonyl (C=O) groups excluding carboxylic acids is 2. The summed E-state index contributed by atoms with van der Waals surface area (Å²) in [6.45, 7) is -0.493. The first-order chi connectivity index (χ1) is 17.7. The Labute approximate surface area is 224 Å². The summed E-state index contributed by atoms with van der Waals surface area (Å²) in [5.74, 6) is -1.18. The van der Waals surface area contributed by atoms with Crippen molar-refractivity contribution in [2.45, 2.75) is 31.7 Å². The molecule has 37 heavy (non-hydrogen) atoms. The molecule has 1 aliphatic heterocycles. The van der Waals surface area contributed by atoms with Gasteiger partial charge >= 0.3 is 5.97 Å². The summed E-state index contributed by atoms with van der Waals surface area (Å²) >= 11 is 12.3. The Hall–Kier alpha value is -2.94. The van der Waals surface area contributed by atoms with Gasteiger partial charge in [-0.05, 0) is 66.7 Å². The first-order valence-electron chi connectivity index (χ1n) is 11.9. The number of allylic oxidation sites excluding steroid dienone is 1. The van der Waals surface area contributed by atoms with Crippen LogP contribution in [0.2, 0.25) is 10.0 Å². The highest BCUT2D eigenvalue weighted by Gasteiger charge is 2.30. The Morgan fingerprint density at radius 3 is 2.68 bits per heavy atom. The number of para-hydroxylation sites is 1. The highest BCUT2D eigenvalue weighted by molar-refractivity contribution is 7.91. The van der Waals surface area contributed by atoms with Gasteiger partial charge in [-0.3, -0.25) is 4.79 Å². The lowest BCUT2D eigenvalue weighted by Crippen LogP contribution is -2.38. The molecule has 0 spiro atoms. The number of nitrogens with zero attached hydrogens (tertiary/aromatic N) is 1. The molecule has 0 bridgehead atoms. The van der Waals surface area contributed by atoms with Gasteiger partial charge in [-0.15, -0.1) is 0 Å². The monoisotopic (exact) mass is 558 g/mol. The maximum Gasteiger partial charge on any atom is 0.339 e. The molecular weight excluding hydrogens is 535 g/mol. The van der Waals surface area contributed by atoms with Crippen LogP contribution in [0, 0.1) is 0 Å². The fourth-order valence-electron chi connectivity index (χ4n) is 4.89. The highest BCUT2D eigenvalue weighted by Crippen LogP contribution is 2.37. The van der Waals surface area contributed by atoms with Crippen LogP contribution < -0.4 is 5.32 Å². The molecule has 2 aromatic carbocycles. The number of amides is 1. The van der Waals surface area contributed by atoms with Crippen molar-refractivity contribution in [3.8, 4) is 0 Å². The minimum absolute atomic E-state index is 0.0466. The van der Waals surface area contributed by atoms with Gasteiger partial charge in [0.15, 0.2) is 16.4 Å². The van der Waals surface area contributed by atoms with E-state index in [4.69, 9.17) is 32.9 Å². The molecule has 192 valence electrons. The average Bonchev–Trinajstić information content (AvgIpc) is 3.21. The topological polar surface area (TPSA) is 102 Å². The summed E-state index contributed by atoms with van der Waals surface area (Å²) in [6, 6.07) is 12.3. The molecule has 7 nitrogen and oxygen atoms in total. The van der Waals surface area contributed by atoms with Crippen molar-refractivity contribution in [2.24, 2.45) is 0 Å². The third-order valence-electron chi connectivity index (χ3n) is 6.59. The lowest BCUT2D eigenvalue weighted by atomic mass is 9.86. The van der Waals surface area contributed by atoms with Gasteiger partial charge in [0.1, 0.15) is 0 Å². The van der Waals surface area contributed by atoms with Crippen molar-refractivity contribution in [3.05, 3.63) is 74.9 Å². The summed E-state index contributed by atoms with van der Waals surface area (Å²) in [5, 5.41) is 4.23. The van der Waals surface area contributed by atoms with Gasteiger partial charge in [0.2, 0.25) is 0 Å². The van der Waals surface area contributed by atoms with Crippen LogP contribution in [0.1, 0.15) is 46.4 Å². The highest BCUT2D eigenvalue weighted by atomic mass is 35.5. The van der Waals surface area contributed by atoms with Crippen molar-refractivity contribution < 1.29 is 22.7 Å². The normalized spacial score (nSPS) is 19.5. The number of sulfone groups is 1. The van der Waals surface area contributed by atoms with Crippen LogP contribution in [0.4, 0.5) is 0 Å². The van der Waals surface area contributed by atoms with Crippen LogP contribution in [0.5, 0.6) is 0 Å². The van der Waals surface area contributed by atoms with Gasteiger partial charge < -0.3 is 10.1 Å². The predicted molar refractivity (Wildman–Crippen MR) is 144 cm³/mol. The molecule has 0 saturated carbocycles. The van der Waals surface area contributed by atoms with Crippen LogP contribution in [0.15, 0.2) is 42.5 Å². The number of nitrogens with one attached hydrogen (secondary N) is 1. The predicted octanol–water partition coefficient (Wildman–Crippen LogP) is 4.88. The second kappa shape index (κ2) is 10.4. The fourth-order valence-corrected chi connectivity index (χ4v) is 6.87. The fraction of sp³-hybridized carbons (Fsp3) is 0.296. The van der Waals surface area contributed by atoms with E-state index in [9.17, 15) is 18.0 Å². The van der Waals surface area contributed by atoms with Gasteiger partial charge in [0.05, 0.1) is 38.3 Å². The van der Waals surface area contributed by atoms with Gasteiger partial charge in [-0.1, -0.05) is 47.5 Å². The van der Waals surface area contributed by atoms with E-state index < -0.39 is 34.4 Å². The summed E-state index contributed by atoms with van der Waals surface area (Å²) in [6.07, 6.45) is 4.60. The van der Waals surface area contributed by atoms with Crippen molar-refractivity contribution in [2.75, 3.05) is 18.1 Å². The summed E-state index contributed by atoms with van der Waals surface area (Å²) in [7, 11) is -3.13. The molecule has 0 unspecified atom stereocenters. The summed E-state index contributed by atoms with van der Waals surface area (Å²) in [5.41, 5.74) is 4.40. The largest absolute Gasteiger partial charge is 0.452 e. The molecule has 3 aromatic rings. The van der Waals surface area contributed by atoms with Crippen LogP contribution in [0.25, 0.3) is 22.6 Å². The van der Waals surface area contributed by atoms with Crippen LogP contribution >= 0.6 is 23.2 Å². The van der Waals surface area contributed by atoms with Gasteiger partial charge in [0.25, 0.3) is 5.91 Å². The second-order valence-corrected chi connectivity index (χ2v) is 12.3. The number of halogens is 2. The number of benzene rings is 2. The standard InChI is InChI=1S/C27H24Cl2N2O5S/c28-21-9-8-16(13-22(21)29)12-17-4-3-6-20-25(19-5-1-2-7-23(19)31-26(17)20)27(33)36-14-24(32)30-18-10-11-37(34,35)15-18/h1-2,5,7-9,12-13,18H,3-4,6,10-11,14-15H2,(H,30,32)/b17-12-/t18-/m0/s1. The Bertz CT molecular complexity index is 1550. The summed E-state index contributed by atoms with van der Waals surface area (Å²) in [4.78, 5) is 30.6. The molecule has 2 heterocycles. The lowest BCUT2D eigenvalue weighted by Gasteiger charge is -2.22. The number of carbonyl (C=O) groups is 2. The number of ether oxygens (including phenoxy) is 1. The van der Waals surface area contributed by atoms with Crippen LogP contribution in [-0.4, -0.2) is 49.4 Å². The number of esters is 1. The van der Waals surface area contributed by atoms with Gasteiger partial charge in [-0.25, -0.2) is 18.2 Å². The van der Waals surface area contributed by atoms with E-state index in [-0.39, 0.29) is 11.5 Å². The molecule has 1 aliphatic carbocycles. The van der Waals surface area contributed by atoms with E-state index in [0.29, 0.717) is 39.4 Å². The first-order valence-corrected chi connectivity index (χ1v) is 14.5. The number of hydrogen-bond acceptors (Lipinski definition) is 6. The number of pyridine rings is 1. The molecular formula is C27H24Cl2N2O5S. The maximum absolute atomic E-state index is 13.3. The SMILES string of the molecule is O=C(COC(=O)c1c2c(nc3ccccc13)/C(=C\c1ccc(Cl)c(Cl)c1)CCC2)N[C@H]1CCS(=O)(=O)C1. The zero-order valence-corrected chi connectivity index (χ0v) is 22.1. The van der Waals surface area contributed by atoms with E-state index in [1.165, 1.54) is 0 Å². The van der Waals surface area contributed by atoms with Gasteiger partial charge in [-0.2, -0.15) is 0 Å². The molecule has 0 radical (unpaired) electrons. The molecule has 1 atom stereocenters. The molecule has 5 rings (SSSR count). The van der Waals surface area contributed by atoms with E-state index >= 15 is 0 Å². The first kappa shape index (κ1) is 25.7. The Morgan fingerprint density at radius 1 is 1.11 bits per heavy atom. The average molecular weight is 559 g/mol. The third kappa shape index (κ3) is 5.66. The molecule has 1 amide bonds. The van der Waals surface area contributed by atoms with Crippen LogP contribution in [0.3, 0.4) is 0 Å². The van der Waals surface area contributed by atoms with Crippen molar-refractivity contribution >= 4 is 67.5 Å². The third-order valence-corrected chi connectivity index (χ3v) is 9.10. The smallest absolute Gasteiger partial charge is 0.339 e. The minimum Gasteiger partial charge on any atom is -0.452 e.